The molecule has 1 aromatic carbocycles. The summed E-state index contributed by atoms with van der Waals surface area (Å²) < 4.78 is 6.48. The van der Waals surface area contributed by atoms with E-state index < -0.39 is 30.0 Å². The molecule has 4 atom stereocenters. The first-order valence-corrected chi connectivity index (χ1v) is 7.68. The number of aliphatic carboxylic acids is 1. The van der Waals surface area contributed by atoms with E-state index in [-0.39, 0.29) is 5.91 Å². The summed E-state index contributed by atoms with van der Waals surface area (Å²) in [6.45, 7) is 0. The predicted molar refractivity (Wildman–Crippen MR) is 80.7 cm³/mol. The molecule has 0 unspecified atom stereocenters. The van der Waals surface area contributed by atoms with Crippen molar-refractivity contribution in [1.82, 2.24) is 4.98 Å². The van der Waals surface area contributed by atoms with E-state index in [0.29, 0.717) is 5.13 Å². The molecule has 0 saturated carbocycles. The third kappa shape index (κ3) is 2.01. The minimum Gasteiger partial charge on any atom is -0.481 e. The first-order chi connectivity index (χ1) is 10.6. The molecule has 1 amide bonds. The molecule has 2 aromatic rings. The van der Waals surface area contributed by atoms with Gasteiger partial charge in [-0.2, -0.15) is 0 Å². The van der Waals surface area contributed by atoms with Crippen LogP contribution in [0, 0.1) is 11.8 Å². The Balaban J connectivity index is 1.59. The lowest BCUT2D eigenvalue weighted by Gasteiger charge is -2.20. The maximum Gasteiger partial charge on any atom is 0.310 e. The number of benzene rings is 1. The summed E-state index contributed by atoms with van der Waals surface area (Å²) in [6, 6.07) is 7.57. The number of para-hydroxylation sites is 1. The summed E-state index contributed by atoms with van der Waals surface area (Å²) in [6.07, 6.45) is 2.48. The number of carboxylic acid groups (broad SMARTS) is 1. The quantitative estimate of drug-likeness (QED) is 0.844. The average Bonchev–Trinajstić information content (AvgIpc) is 3.19. The molecule has 0 radical (unpaired) electrons. The first kappa shape index (κ1) is 13.4. The summed E-state index contributed by atoms with van der Waals surface area (Å²) in [4.78, 5) is 28.2. The number of aromatic nitrogens is 1. The van der Waals surface area contributed by atoms with Gasteiger partial charge >= 0.3 is 5.97 Å². The number of hydrogen-bond donors (Lipinski definition) is 2. The Kier molecular flexibility index (Phi) is 2.98. The lowest BCUT2D eigenvalue weighted by Crippen LogP contribution is -2.39. The third-order valence-electron chi connectivity index (χ3n) is 4.01. The van der Waals surface area contributed by atoms with Gasteiger partial charge in [-0.3, -0.25) is 9.59 Å². The monoisotopic (exact) mass is 316 g/mol. The zero-order valence-corrected chi connectivity index (χ0v) is 12.1. The summed E-state index contributed by atoms with van der Waals surface area (Å²) >= 11 is 1.36. The van der Waals surface area contributed by atoms with Gasteiger partial charge in [0, 0.05) is 0 Å². The Morgan fingerprint density at radius 1 is 1.18 bits per heavy atom. The number of nitrogens with one attached hydrogen (secondary N) is 1. The van der Waals surface area contributed by atoms with Crippen LogP contribution < -0.4 is 5.32 Å². The molecule has 2 aliphatic heterocycles. The van der Waals surface area contributed by atoms with Gasteiger partial charge in [0.1, 0.15) is 5.92 Å². The van der Waals surface area contributed by atoms with E-state index >= 15 is 0 Å². The van der Waals surface area contributed by atoms with Crippen molar-refractivity contribution in [2.45, 2.75) is 12.2 Å². The highest BCUT2D eigenvalue weighted by atomic mass is 32.1. The summed E-state index contributed by atoms with van der Waals surface area (Å²) in [5.41, 5.74) is 0.807. The normalized spacial score (nSPS) is 29.1. The van der Waals surface area contributed by atoms with Crippen molar-refractivity contribution in [2.24, 2.45) is 11.8 Å². The smallest absolute Gasteiger partial charge is 0.310 e. The van der Waals surface area contributed by atoms with Crippen LogP contribution in [0.15, 0.2) is 36.4 Å². The van der Waals surface area contributed by atoms with Crippen LogP contribution in [-0.4, -0.2) is 34.2 Å². The molecule has 6 nitrogen and oxygen atoms in total. The highest BCUT2D eigenvalue weighted by Crippen LogP contribution is 2.40. The molecular weight excluding hydrogens is 304 g/mol. The second-order valence-corrected chi connectivity index (χ2v) is 6.35. The predicted octanol–water partition coefficient (Wildman–Crippen LogP) is 1.89. The topological polar surface area (TPSA) is 88.5 Å². The maximum atomic E-state index is 12.5. The molecular formula is C15H12N2O4S. The van der Waals surface area contributed by atoms with E-state index in [2.05, 4.69) is 10.3 Å². The molecule has 2 N–H and O–H groups in total. The number of carbonyl (C=O) groups excluding carboxylic acids is 1. The Hall–Kier alpha value is -2.25. The number of anilines is 1. The number of thiazole rings is 1. The van der Waals surface area contributed by atoms with Gasteiger partial charge in [0.2, 0.25) is 5.91 Å². The fourth-order valence-electron chi connectivity index (χ4n) is 3.03. The fourth-order valence-corrected chi connectivity index (χ4v) is 3.90. The molecule has 0 spiro atoms. The molecule has 1 fully saturated rings. The van der Waals surface area contributed by atoms with Crippen LogP contribution in [-0.2, 0) is 14.3 Å². The highest BCUT2D eigenvalue weighted by molar-refractivity contribution is 7.22. The van der Waals surface area contributed by atoms with E-state index in [4.69, 9.17) is 4.74 Å². The number of nitrogens with zero attached hydrogens (tertiary/aromatic N) is 1. The van der Waals surface area contributed by atoms with Gasteiger partial charge in [0.25, 0.3) is 0 Å². The highest BCUT2D eigenvalue weighted by Gasteiger charge is 2.53. The fraction of sp³-hybridized carbons (Fsp3) is 0.267. The summed E-state index contributed by atoms with van der Waals surface area (Å²) in [7, 11) is 0. The number of ether oxygens (including phenoxy) is 1. The average molecular weight is 316 g/mol. The van der Waals surface area contributed by atoms with Crippen LogP contribution in [0.5, 0.6) is 0 Å². The zero-order valence-electron chi connectivity index (χ0n) is 11.3. The van der Waals surface area contributed by atoms with Gasteiger partial charge in [0.15, 0.2) is 5.13 Å². The molecule has 4 rings (SSSR count). The van der Waals surface area contributed by atoms with Crippen molar-refractivity contribution in [3.63, 3.8) is 0 Å². The molecule has 2 bridgehead atoms. The van der Waals surface area contributed by atoms with Crippen LogP contribution >= 0.6 is 11.3 Å². The lowest BCUT2D eigenvalue weighted by atomic mass is 9.82. The van der Waals surface area contributed by atoms with Gasteiger partial charge in [-0.15, -0.1) is 0 Å². The van der Waals surface area contributed by atoms with Gasteiger partial charge in [-0.05, 0) is 12.1 Å². The van der Waals surface area contributed by atoms with E-state index in [1.54, 1.807) is 12.2 Å². The number of carboxylic acids is 1. The number of hydrogen-bond acceptors (Lipinski definition) is 5. The first-order valence-electron chi connectivity index (χ1n) is 6.86. The van der Waals surface area contributed by atoms with Gasteiger partial charge in [0.05, 0.1) is 28.3 Å². The zero-order chi connectivity index (χ0) is 15.3. The minimum absolute atomic E-state index is 0.358. The molecule has 22 heavy (non-hydrogen) atoms. The van der Waals surface area contributed by atoms with Gasteiger partial charge in [-0.25, -0.2) is 4.98 Å². The van der Waals surface area contributed by atoms with E-state index in [0.717, 1.165) is 10.2 Å². The van der Waals surface area contributed by atoms with Crippen LogP contribution in [0.1, 0.15) is 0 Å². The van der Waals surface area contributed by atoms with E-state index in [1.807, 2.05) is 24.3 Å². The van der Waals surface area contributed by atoms with Crippen LogP contribution in [0.25, 0.3) is 10.2 Å². The second kappa shape index (κ2) is 4.89. The largest absolute Gasteiger partial charge is 0.481 e. The summed E-state index contributed by atoms with van der Waals surface area (Å²) in [5.74, 6) is -2.94. The van der Waals surface area contributed by atoms with Crippen molar-refractivity contribution in [1.29, 1.82) is 0 Å². The Bertz CT molecular complexity index is 767. The van der Waals surface area contributed by atoms with Crippen LogP contribution in [0.4, 0.5) is 5.13 Å². The number of carbonyl (C=O) groups is 2. The van der Waals surface area contributed by atoms with Crippen molar-refractivity contribution < 1.29 is 19.4 Å². The van der Waals surface area contributed by atoms with Crippen molar-refractivity contribution in [3.8, 4) is 0 Å². The summed E-state index contributed by atoms with van der Waals surface area (Å²) in [5, 5.41) is 12.5. The second-order valence-electron chi connectivity index (χ2n) is 5.32. The molecule has 7 heteroatoms. The molecule has 2 aliphatic rings. The lowest BCUT2D eigenvalue weighted by molar-refractivity contribution is -0.145. The Labute approximate surface area is 129 Å². The number of fused-ring (bicyclic) bond motifs is 3. The maximum absolute atomic E-state index is 12.5. The van der Waals surface area contributed by atoms with E-state index in [1.165, 1.54) is 11.3 Å². The number of rotatable bonds is 3. The van der Waals surface area contributed by atoms with E-state index in [9.17, 15) is 14.7 Å². The van der Waals surface area contributed by atoms with Gasteiger partial charge < -0.3 is 15.2 Å². The molecule has 3 heterocycles. The molecule has 0 aliphatic carbocycles. The molecule has 1 saturated heterocycles. The Morgan fingerprint density at radius 2 is 1.91 bits per heavy atom. The van der Waals surface area contributed by atoms with Crippen molar-refractivity contribution in [3.05, 3.63) is 36.4 Å². The molecule has 1 aromatic heterocycles. The third-order valence-corrected chi connectivity index (χ3v) is 4.96. The number of amides is 1. The van der Waals surface area contributed by atoms with Crippen molar-refractivity contribution in [2.75, 3.05) is 5.32 Å². The SMILES string of the molecule is O=C(Nc1nc2ccccc2s1)[C@@H]1[C@H](C(=O)O)[C@@H]2C=C[C@H]1O2. The van der Waals surface area contributed by atoms with Crippen LogP contribution in [0.2, 0.25) is 0 Å². The van der Waals surface area contributed by atoms with Crippen LogP contribution in [0.3, 0.4) is 0 Å². The molecule has 112 valence electrons. The van der Waals surface area contributed by atoms with Gasteiger partial charge in [-0.1, -0.05) is 35.6 Å². The standard InChI is InChI=1S/C15H12N2O4S/c18-13(11-8-5-6-9(21-8)12(11)14(19)20)17-15-16-7-3-1-2-4-10(7)22-15/h1-6,8-9,11-12H,(H,19,20)(H,16,17,18)/t8-,9+,11+,12-/m1/s1. The Morgan fingerprint density at radius 3 is 2.64 bits per heavy atom. The minimum atomic E-state index is -1.01. The van der Waals surface area contributed by atoms with Crippen molar-refractivity contribution >= 4 is 38.6 Å².